The van der Waals surface area contributed by atoms with E-state index < -0.39 is 0 Å². The fraction of sp³-hybridized carbons (Fsp3) is 0.300. The molecule has 1 unspecified atom stereocenters. The summed E-state index contributed by atoms with van der Waals surface area (Å²) < 4.78 is 3.12. The van der Waals surface area contributed by atoms with Gasteiger partial charge in [0.2, 0.25) is 0 Å². The Morgan fingerprint density at radius 2 is 2.50 bits per heavy atom. The molecule has 1 atom stereocenters. The van der Waals surface area contributed by atoms with Crippen molar-refractivity contribution in [3.05, 3.63) is 39.0 Å². The number of aryl methyl sites for hydroxylation is 1. The number of nitrogens with two attached hydrogens (primary N) is 1. The van der Waals surface area contributed by atoms with E-state index in [4.69, 9.17) is 5.84 Å². The quantitative estimate of drug-likeness (QED) is 0.671. The predicted molar refractivity (Wildman–Crippen MR) is 69.0 cm³/mol. The van der Waals surface area contributed by atoms with Gasteiger partial charge in [0.05, 0.1) is 18.1 Å². The molecular weight excluding hydrogens is 288 g/mol. The smallest absolute Gasteiger partial charge is 0.0946 e. The fourth-order valence-corrected chi connectivity index (χ4v) is 3.17. The summed E-state index contributed by atoms with van der Waals surface area (Å²) in [7, 11) is 1.97. The Bertz CT molecular complexity index is 465. The highest BCUT2D eigenvalue weighted by Gasteiger charge is 2.15. The Balaban J connectivity index is 2.19. The van der Waals surface area contributed by atoms with Crippen molar-refractivity contribution in [3.63, 3.8) is 0 Å². The van der Waals surface area contributed by atoms with Gasteiger partial charge in [0.25, 0.3) is 0 Å². The van der Waals surface area contributed by atoms with Gasteiger partial charge in [-0.15, -0.1) is 11.3 Å². The first kappa shape index (κ1) is 11.8. The molecule has 0 bridgehead atoms. The van der Waals surface area contributed by atoms with Gasteiger partial charge in [0.15, 0.2) is 0 Å². The Morgan fingerprint density at radius 3 is 3.00 bits per heavy atom. The van der Waals surface area contributed by atoms with E-state index in [1.165, 1.54) is 4.88 Å². The number of thiophene rings is 1. The van der Waals surface area contributed by atoms with Crippen LogP contribution in [0.3, 0.4) is 0 Å². The van der Waals surface area contributed by atoms with Crippen molar-refractivity contribution in [3.8, 4) is 0 Å². The lowest BCUT2D eigenvalue weighted by Gasteiger charge is -2.15. The van der Waals surface area contributed by atoms with Gasteiger partial charge in [-0.1, -0.05) is 0 Å². The SMILES string of the molecule is Cn1cncc1C(Cc1sccc1Br)NN. The minimum absolute atomic E-state index is 0.0856. The maximum absolute atomic E-state index is 5.60. The Hall–Kier alpha value is -0.690. The molecule has 6 heteroatoms. The molecule has 0 aliphatic carbocycles. The molecule has 2 heterocycles. The fourth-order valence-electron chi connectivity index (χ4n) is 1.61. The molecular formula is C10H13BrN4S. The van der Waals surface area contributed by atoms with Crippen LogP contribution in [0, 0.1) is 0 Å². The molecule has 0 fully saturated rings. The number of nitrogens with one attached hydrogen (secondary N) is 1. The third-order valence-corrected chi connectivity index (χ3v) is 4.44. The molecule has 2 rings (SSSR count). The van der Waals surface area contributed by atoms with Gasteiger partial charge in [0.1, 0.15) is 0 Å². The summed E-state index contributed by atoms with van der Waals surface area (Å²) in [6.07, 6.45) is 4.48. The molecule has 0 radical (unpaired) electrons. The van der Waals surface area contributed by atoms with Crippen molar-refractivity contribution in [1.29, 1.82) is 0 Å². The zero-order valence-corrected chi connectivity index (χ0v) is 11.3. The van der Waals surface area contributed by atoms with Crippen molar-refractivity contribution in [2.75, 3.05) is 0 Å². The molecule has 0 spiro atoms. The first-order valence-corrected chi connectivity index (χ1v) is 6.54. The zero-order valence-electron chi connectivity index (χ0n) is 8.85. The van der Waals surface area contributed by atoms with E-state index in [9.17, 15) is 0 Å². The van der Waals surface area contributed by atoms with Crippen LogP contribution in [-0.4, -0.2) is 9.55 Å². The third kappa shape index (κ3) is 2.35. The van der Waals surface area contributed by atoms with Gasteiger partial charge in [-0.3, -0.25) is 11.3 Å². The molecule has 86 valence electrons. The summed E-state index contributed by atoms with van der Waals surface area (Å²) in [6.45, 7) is 0. The lowest BCUT2D eigenvalue weighted by Crippen LogP contribution is -2.30. The minimum Gasteiger partial charge on any atom is -0.336 e. The van der Waals surface area contributed by atoms with E-state index in [0.717, 1.165) is 16.6 Å². The van der Waals surface area contributed by atoms with Crippen LogP contribution < -0.4 is 11.3 Å². The number of hydrogen-bond acceptors (Lipinski definition) is 4. The Kier molecular flexibility index (Phi) is 3.75. The Morgan fingerprint density at radius 1 is 1.69 bits per heavy atom. The summed E-state index contributed by atoms with van der Waals surface area (Å²) in [6, 6.07) is 2.14. The summed E-state index contributed by atoms with van der Waals surface area (Å²) in [4.78, 5) is 5.38. The number of halogens is 1. The molecule has 2 aromatic rings. The second-order valence-electron chi connectivity index (χ2n) is 3.54. The van der Waals surface area contributed by atoms with E-state index >= 15 is 0 Å². The molecule has 2 aromatic heterocycles. The molecule has 0 aliphatic rings. The van der Waals surface area contributed by atoms with Crippen molar-refractivity contribution >= 4 is 27.3 Å². The van der Waals surface area contributed by atoms with Crippen LogP contribution in [0.5, 0.6) is 0 Å². The van der Waals surface area contributed by atoms with Crippen LogP contribution in [0.4, 0.5) is 0 Å². The van der Waals surface area contributed by atoms with Crippen LogP contribution in [0.1, 0.15) is 16.6 Å². The van der Waals surface area contributed by atoms with Gasteiger partial charge in [-0.25, -0.2) is 4.98 Å². The summed E-state index contributed by atoms with van der Waals surface area (Å²) in [5.41, 5.74) is 3.92. The maximum atomic E-state index is 5.60. The lowest BCUT2D eigenvalue weighted by molar-refractivity contribution is 0.524. The number of aromatic nitrogens is 2. The molecule has 0 saturated carbocycles. The van der Waals surface area contributed by atoms with Crippen LogP contribution in [0.2, 0.25) is 0 Å². The van der Waals surface area contributed by atoms with Crippen LogP contribution in [0.15, 0.2) is 28.4 Å². The summed E-state index contributed by atoms with van der Waals surface area (Å²) in [5.74, 6) is 5.60. The van der Waals surface area contributed by atoms with Gasteiger partial charge in [-0.05, 0) is 27.4 Å². The predicted octanol–water partition coefficient (Wildman–Crippen LogP) is 1.99. The van der Waals surface area contributed by atoms with Crippen molar-refractivity contribution in [2.24, 2.45) is 12.9 Å². The van der Waals surface area contributed by atoms with E-state index in [2.05, 4.69) is 37.8 Å². The van der Waals surface area contributed by atoms with Crippen molar-refractivity contribution < 1.29 is 0 Å². The van der Waals surface area contributed by atoms with E-state index in [0.29, 0.717) is 0 Å². The molecule has 16 heavy (non-hydrogen) atoms. The third-order valence-electron chi connectivity index (χ3n) is 2.49. The van der Waals surface area contributed by atoms with Gasteiger partial charge in [-0.2, -0.15) is 0 Å². The zero-order chi connectivity index (χ0) is 11.5. The second-order valence-corrected chi connectivity index (χ2v) is 5.40. The molecule has 0 amide bonds. The van der Waals surface area contributed by atoms with Crippen molar-refractivity contribution in [1.82, 2.24) is 15.0 Å². The molecule has 0 aromatic carbocycles. The maximum Gasteiger partial charge on any atom is 0.0946 e. The normalized spacial score (nSPS) is 12.9. The van der Waals surface area contributed by atoms with E-state index in [1.54, 1.807) is 17.7 Å². The molecule has 4 nitrogen and oxygen atoms in total. The van der Waals surface area contributed by atoms with Gasteiger partial charge in [0, 0.05) is 29.0 Å². The highest BCUT2D eigenvalue weighted by molar-refractivity contribution is 9.10. The molecule has 0 saturated heterocycles. The highest BCUT2D eigenvalue weighted by atomic mass is 79.9. The molecule has 3 N–H and O–H groups in total. The van der Waals surface area contributed by atoms with Crippen LogP contribution in [-0.2, 0) is 13.5 Å². The average molecular weight is 301 g/mol. The van der Waals surface area contributed by atoms with E-state index in [-0.39, 0.29) is 6.04 Å². The Labute approximate surface area is 107 Å². The molecule has 0 aliphatic heterocycles. The lowest BCUT2D eigenvalue weighted by atomic mass is 10.1. The highest BCUT2D eigenvalue weighted by Crippen LogP contribution is 2.27. The first-order valence-electron chi connectivity index (χ1n) is 4.86. The van der Waals surface area contributed by atoms with Crippen LogP contribution >= 0.6 is 27.3 Å². The van der Waals surface area contributed by atoms with Crippen LogP contribution in [0.25, 0.3) is 0 Å². The topological polar surface area (TPSA) is 55.9 Å². The van der Waals surface area contributed by atoms with Gasteiger partial charge >= 0.3 is 0 Å². The average Bonchev–Trinajstić information content (AvgIpc) is 2.85. The number of hydrogen-bond donors (Lipinski definition) is 2. The van der Waals surface area contributed by atoms with Crippen molar-refractivity contribution in [2.45, 2.75) is 12.5 Å². The first-order chi connectivity index (χ1) is 7.72. The number of rotatable bonds is 4. The monoisotopic (exact) mass is 300 g/mol. The minimum atomic E-state index is 0.0856. The number of nitrogens with zero attached hydrogens (tertiary/aromatic N) is 2. The summed E-state index contributed by atoms with van der Waals surface area (Å²) >= 11 is 5.25. The van der Waals surface area contributed by atoms with Gasteiger partial charge < -0.3 is 4.57 Å². The number of hydrazine groups is 1. The number of imidazole rings is 1. The second kappa shape index (κ2) is 5.09. The standard InChI is InChI=1S/C10H13BrN4S/c1-15-6-13-5-9(15)8(14-12)4-10-7(11)2-3-16-10/h2-3,5-6,8,14H,4,12H2,1H3. The summed E-state index contributed by atoms with van der Waals surface area (Å²) in [5, 5.41) is 2.07. The largest absolute Gasteiger partial charge is 0.336 e. The van der Waals surface area contributed by atoms with E-state index in [1.807, 2.05) is 17.8 Å².